The van der Waals surface area contributed by atoms with Gasteiger partial charge in [0.1, 0.15) is 0 Å². The van der Waals surface area contributed by atoms with Gasteiger partial charge in [0.25, 0.3) is 5.91 Å². The predicted octanol–water partition coefficient (Wildman–Crippen LogP) is 2.31. The molecule has 0 unspecified atom stereocenters. The number of alkyl halides is 3. The lowest BCUT2D eigenvalue weighted by atomic mass is 10.1. The molecule has 1 fully saturated rings. The summed E-state index contributed by atoms with van der Waals surface area (Å²) in [5.74, 6) is 0.161. The van der Waals surface area contributed by atoms with E-state index in [0.717, 1.165) is 17.2 Å². The van der Waals surface area contributed by atoms with Crippen LogP contribution in [0.2, 0.25) is 0 Å². The van der Waals surface area contributed by atoms with Crippen LogP contribution in [0.3, 0.4) is 0 Å². The number of rotatable bonds is 3. The van der Waals surface area contributed by atoms with Crippen molar-refractivity contribution >= 4 is 5.91 Å². The zero-order valence-corrected chi connectivity index (χ0v) is 12.8. The van der Waals surface area contributed by atoms with Gasteiger partial charge in [0.15, 0.2) is 5.69 Å². The summed E-state index contributed by atoms with van der Waals surface area (Å²) in [6, 6.07) is 7.34. The largest absolute Gasteiger partial charge is 0.435 e. The van der Waals surface area contributed by atoms with Crippen molar-refractivity contribution in [2.75, 3.05) is 19.6 Å². The number of amides is 1. The standard InChI is InChI=1S/C16H17F3N4O/c17-16(18,19)14-5-7-23(21-14)13-3-1-2-12(8-13)15(24)22-6-4-11(9-20)10-22/h1-3,5,7-8,11H,4,6,9-10,20H2/t11-/m0/s1. The second-order valence-corrected chi connectivity index (χ2v) is 5.84. The fourth-order valence-electron chi connectivity index (χ4n) is 2.79. The molecule has 24 heavy (non-hydrogen) atoms. The zero-order chi connectivity index (χ0) is 17.3. The van der Waals surface area contributed by atoms with E-state index in [-0.39, 0.29) is 5.91 Å². The molecule has 0 spiro atoms. The van der Waals surface area contributed by atoms with E-state index >= 15 is 0 Å². The Morgan fingerprint density at radius 1 is 1.33 bits per heavy atom. The summed E-state index contributed by atoms with van der Waals surface area (Å²) in [7, 11) is 0. The molecule has 1 aromatic carbocycles. The first-order valence-corrected chi connectivity index (χ1v) is 7.61. The Morgan fingerprint density at radius 3 is 2.75 bits per heavy atom. The summed E-state index contributed by atoms with van der Waals surface area (Å²) >= 11 is 0. The van der Waals surface area contributed by atoms with E-state index in [4.69, 9.17) is 5.73 Å². The predicted molar refractivity (Wildman–Crippen MR) is 81.6 cm³/mol. The fraction of sp³-hybridized carbons (Fsp3) is 0.375. The monoisotopic (exact) mass is 338 g/mol. The Balaban J connectivity index is 1.82. The third-order valence-electron chi connectivity index (χ3n) is 4.14. The smallest absolute Gasteiger partial charge is 0.338 e. The number of nitrogens with two attached hydrogens (primary N) is 1. The van der Waals surface area contributed by atoms with Crippen molar-refractivity contribution in [3.8, 4) is 5.69 Å². The van der Waals surface area contributed by atoms with Crippen LogP contribution in [0.25, 0.3) is 5.69 Å². The highest BCUT2D eigenvalue weighted by molar-refractivity contribution is 5.94. The summed E-state index contributed by atoms with van der Waals surface area (Å²) in [4.78, 5) is 14.3. The van der Waals surface area contributed by atoms with Crippen molar-refractivity contribution in [2.45, 2.75) is 12.6 Å². The lowest BCUT2D eigenvalue weighted by molar-refractivity contribution is -0.141. The van der Waals surface area contributed by atoms with Crippen molar-refractivity contribution in [1.82, 2.24) is 14.7 Å². The van der Waals surface area contributed by atoms with Gasteiger partial charge in [-0.15, -0.1) is 0 Å². The number of nitrogens with zero attached hydrogens (tertiary/aromatic N) is 3. The Labute approximate surface area is 136 Å². The first-order valence-electron chi connectivity index (χ1n) is 7.61. The number of hydrogen-bond acceptors (Lipinski definition) is 3. The molecule has 2 N–H and O–H groups in total. The average Bonchev–Trinajstić information content (AvgIpc) is 3.23. The molecule has 1 atom stereocenters. The van der Waals surface area contributed by atoms with Crippen molar-refractivity contribution < 1.29 is 18.0 Å². The van der Waals surface area contributed by atoms with Gasteiger partial charge in [-0.3, -0.25) is 4.79 Å². The SMILES string of the molecule is NC[C@@H]1CCN(C(=O)c2cccc(-n3ccc(C(F)(F)F)n3)c2)C1. The molecule has 0 radical (unpaired) electrons. The average molecular weight is 338 g/mol. The molecular weight excluding hydrogens is 321 g/mol. The summed E-state index contributed by atoms with van der Waals surface area (Å²) in [6.45, 7) is 1.79. The van der Waals surface area contributed by atoms with Gasteiger partial charge in [-0.05, 0) is 43.1 Å². The lowest BCUT2D eigenvalue weighted by Crippen LogP contribution is -2.29. The first kappa shape index (κ1) is 16.5. The van der Waals surface area contributed by atoms with Crippen molar-refractivity contribution in [3.63, 3.8) is 0 Å². The van der Waals surface area contributed by atoms with Crippen molar-refractivity contribution in [2.24, 2.45) is 11.7 Å². The summed E-state index contributed by atoms with van der Waals surface area (Å²) in [6.07, 6.45) is -2.39. The molecule has 3 rings (SSSR count). The number of halogens is 3. The van der Waals surface area contributed by atoms with E-state index in [1.54, 1.807) is 29.2 Å². The number of carbonyl (C=O) groups excluding carboxylic acids is 1. The summed E-state index contributed by atoms with van der Waals surface area (Å²) in [5, 5.41) is 3.53. The second-order valence-electron chi connectivity index (χ2n) is 5.84. The topological polar surface area (TPSA) is 64.2 Å². The molecule has 2 aromatic rings. The maximum atomic E-state index is 12.7. The maximum absolute atomic E-state index is 12.7. The van der Waals surface area contributed by atoms with Crippen LogP contribution < -0.4 is 5.73 Å². The second kappa shape index (κ2) is 6.27. The molecule has 5 nitrogen and oxygen atoms in total. The number of aromatic nitrogens is 2. The molecule has 1 saturated heterocycles. The van der Waals surface area contributed by atoms with Gasteiger partial charge in [-0.25, -0.2) is 4.68 Å². The van der Waals surface area contributed by atoms with Crippen LogP contribution in [-0.4, -0.2) is 40.2 Å². The molecule has 1 aliphatic heterocycles. The van der Waals surface area contributed by atoms with Crippen molar-refractivity contribution in [3.05, 3.63) is 47.8 Å². The van der Waals surface area contributed by atoms with Crippen LogP contribution in [-0.2, 0) is 6.18 Å². The van der Waals surface area contributed by atoms with Crippen LogP contribution in [0, 0.1) is 5.92 Å². The molecule has 0 saturated carbocycles. The van der Waals surface area contributed by atoms with Gasteiger partial charge in [0.05, 0.1) is 5.69 Å². The van der Waals surface area contributed by atoms with Gasteiger partial charge < -0.3 is 10.6 Å². The molecule has 8 heteroatoms. The maximum Gasteiger partial charge on any atom is 0.435 e. The minimum atomic E-state index is -4.49. The van der Waals surface area contributed by atoms with Gasteiger partial charge in [0.2, 0.25) is 0 Å². The highest BCUT2D eigenvalue weighted by Crippen LogP contribution is 2.28. The van der Waals surface area contributed by atoms with Crippen LogP contribution in [0.15, 0.2) is 36.5 Å². The first-order chi connectivity index (χ1) is 11.4. The highest BCUT2D eigenvalue weighted by Gasteiger charge is 2.33. The molecule has 1 amide bonds. The van der Waals surface area contributed by atoms with Gasteiger partial charge in [0, 0.05) is 24.8 Å². The zero-order valence-electron chi connectivity index (χ0n) is 12.8. The Kier molecular flexibility index (Phi) is 4.31. The van der Waals surface area contributed by atoms with Crippen LogP contribution >= 0.6 is 0 Å². The number of hydrogen-bond donors (Lipinski definition) is 1. The summed E-state index contributed by atoms with van der Waals surface area (Å²) < 4.78 is 39.1. The summed E-state index contributed by atoms with van der Waals surface area (Å²) in [5.41, 5.74) is 5.50. The molecule has 0 bridgehead atoms. The van der Waals surface area contributed by atoms with Crippen LogP contribution in [0.5, 0.6) is 0 Å². The number of carbonyl (C=O) groups is 1. The van der Waals surface area contributed by atoms with Crippen LogP contribution in [0.1, 0.15) is 22.5 Å². The van der Waals surface area contributed by atoms with Gasteiger partial charge in [-0.1, -0.05) is 6.07 Å². The number of benzene rings is 1. The molecular formula is C16H17F3N4O. The number of likely N-dealkylation sites (tertiary alicyclic amines) is 1. The minimum Gasteiger partial charge on any atom is -0.338 e. The van der Waals surface area contributed by atoms with Crippen LogP contribution in [0.4, 0.5) is 13.2 Å². The van der Waals surface area contributed by atoms with E-state index in [1.165, 1.54) is 6.20 Å². The Morgan fingerprint density at radius 2 is 2.12 bits per heavy atom. The van der Waals surface area contributed by atoms with E-state index in [2.05, 4.69) is 5.10 Å². The molecule has 2 heterocycles. The molecule has 0 aliphatic carbocycles. The third-order valence-corrected chi connectivity index (χ3v) is 4.14. The quantitative estimate of drug-likeness (QED) is 0.934. The minimum absolute atomic E-state index is 0.143. The highest BCUT2D eigenvalue weighted by atomic mass is 19.4. The van der Waals surface area contributed by atoms with E-state index < -0.39 is 11.9 Å². The third kappa shape index (κ3) is 3.28. The Bertz CT molecular complexity index is 741. The Hall–Kier alpha value is -2.35. The van der Waals surface area contributed by atoms with E-state index in [9.17, 15) is 18.0 Å². The lowest BCUT2D eigenvalue weighted by Gasteiger charge is -2.16. The fourth-order valence-corrected chi connectivity index (χ4v) is 2.79. The molecule has 1 aliphatic rings. The molecule has 128 valence electrons. The van der Waals surface area contributed by atoms with Gasteiger partial charge in [-0.2, -0.15) is 18.3 Å². The van der Waals surface area contributed by atoms with Gasteiger partial charge >= 0.3 is 6.18 Å². The van der Waals surface area contributed by atoms with E-state index in [1.807, 2.05) is 0 Å². The normalized spacial score (nSPS) is 18.2. The van der Waals surface area contributed by atoms with Crippen molar-refractivity contribution in [1.29, 1.82) is 0 Å². The molecule has 1 aromatic heterocycles. The van der Waals surface area contributed by atoms with E-state index in [0.29, 0.717) is 36.8 Å².